The van der Waals surface area contributed by atoms with Crippen LogP contribution >= 0.6 is 0 Å². The molecule has 0 atom stereocenters. The van der Waals surface area contributed by atoms with Crippen LogP contribution in [0.2, 0.25) is 0 Å². The molecule has 4 rings (SSSR count). The first-order valence-electron chi connectivity index (χ1n) is 10.6. The van der Waals surface area contributed by atoms with E-state index in [1.54, 1.807) is 12.1 Å². The number of imide groups is 1. The van der Waals surface area contributed by atoms with E-state index in [0.29, 0.717) is 18.5 Å². The average Bonchev–Trinajstić information content (AvgIpc) is 3.03. The van der Waals surface area contributed by atoms with Gasteiger partial charge < -0.3 is 9.47 Å². The maximum atomic E-state index is 12.8. The van der Waals surface area contributed by atoms with E-state index in [0.717, 1.165) is 44.0 Å². The highest BCUT2D eigenvalue weighted by atomic mass is 16.5. The lowest BCUT2D eigenvalue weighted by atomic mass is 10.1. The van der Waals surface area contributed by atoms with Gasteiger partial charge in [0, 0.05) is 26.2 Å². The number of carbonyl (C=O) groups is 3. The molecule has 2 aromatic carbocycles. The van der Waals surface area contributed by atoms with Gasteiger partial charge in [0.1, 0.15) is 6.61 Å². The lowest BCUT2D eigenvalue weighted by Crippen LogP contribution is -2.39. The highest BCUT2D eigenvalue weighted by Crippen LogP contribution is 2.25. The van der Waals surface area contributed by atoms with Gasteiger partial charge >= 0.3 is 5.97 Å². The summed E-state index contributed by atoms with van der Waals surface area (Å²) in [7, 11) is 0. The maximum absolute atomic E-state index is 12.8. The van der Waals surface area contributed by atoms with E-state index in [2.05, 4.69) is 4.90 Å². The first-order chi connectivity index (χ1) is 15.0. The maximum Gasteiger partial charge on any atom is 0.338 e. The number of carbonyl (C=O) groups excluding carboxylic acids is 3. The van der Waals surface area contributed by atoms with Crippen molar-refractivity contribution in [3.8, 4) is 0 Å². The lowest BCUT2D eigenvalue weighted by molar-refractivity contribution is 0.0355. The molecule has 0 spiro atoms. The lowest BCUT2D eigenvalue weighted by Gasteiger charge is -2.27. The first kappa shape index (κ1) is 21.2. The van der Waals surface area contributed by atoms with Gasteiger partial charge in [-0.05, 0) is 37.1 Å². The van der Waals surface area contributed by atoms with E-state index < -0.39 is 5.97 Å². The zero-order valence-electron chi connectivity index (χ0n) is 17.6. The van der Waals surface area contributed by atoms with Crippen molar-refractivity contribution in [2.75, 3.05) is 39.4 Å². The topological polar surface area (TPSA) is 76.2 Å². The monoisotopic (exact) mass is 422 g/mol. The second-order valence-electron chi connectivity index (χ2n) is 7.89. The molecule has 2 aromatic rings. The summed E-state index contributed by atoms with van der Waals surface area (Å²) >= 11 is 0. The molecule has 2 aliphatic rings. The fourth-order valence-electron chi connectivity index (χ4n) is 3.81. The average molecular weight is 422 g/mol. The Kier molecular flexibility index (Phi) is 6.44. The molecule has 0 aromatic heterocycles. The third-order valence-electron chi connectivity index (χ3n) is 5.66. The quantitative estimate of drug-likeness (QED) is 0.504. The third-order valence-corrected chi connectivity index (χ3v) is 5.66. The predicted octanol–water partition coefficient (Wildman–Crippen LogP) is 2.67. The highest BCUT2D eigenvalue weighted by molar-refractivity contribution is 6.21. The number of morpholine rings is 1. The fourth-order valence-corrected chi connectivity index (χ4v) is 3.81. The van der Waals surface area contributed by atoms with Crippen LogP contribution in [0, 0.1) is 6.92 Å². The minimum Gasteiger partial charge on any atom is -0.457 e. The number of hydrogen-bond acceptors (Lipinski definition) is 6. The summed E-state index contributed by atoms with van der Waals surface area (Å²) in [5.41, 5.74) is 2.89. The first-order valence-corrected chi connectivity index (χ1v) is 10.6. The van der Waals surface area contributed by atoms with E-state index >= 15 is 0 Å². The molecule has 0 unspecified atom stereocenters. The number of hydrogen-bond donors (Lipinski definition) is 0. The largest absolute Gasteiger partial charge is 0.457 e. The standard InChI is InChI=1S/C24H26N2O5/c1-17-3-5-18(6-4-17)16-31-24(29)19-7-8-20-21(15-19)23(28)26(22(20)27)10-2-9-25-11-13-30-14-12-25/h3-8,15H,2,9-14,16H2,1H3. The van der Waals surface area contributed by atoms with E-state index in [9.17, 15) is 14.4 Å². The van der Waals surface area contributed by atoms with Crippen LogP contribution in [-0.4, -0.2) is 67.0 Å². The summed E-state index contributed by atoms with van der Waals surface area (Å²) in [5, 5.41) is 0. The van der Waals surface area contributed by atoms with Gasteiger partial charge in [0.05, 0.1) is 29.9 Å². The SMILES string of the molecule is Cc1ccc(COC(=O)c2ccc3c(c2)C(=O)N(CCCN2CCOCC2)C3=O)cc1. The minimum absolute atomic E-state index is 0.150. The van der Waals surface area contributed by atoms with E-state index in [1.807, 2.05) is 31.2 Å². The fraction of sp³-hybridized carbons (Fsp3) is 0.375. The van der Waals surface area contributed by atoms with Gasteiger partial charge in [-0.15, -0.1) is 0 Å². The van der Waals surface area contributed by atoms with Crippen molar-refractivity contribution >= 4 is 17.8 Å². The van der Waals surface area contributed by atoms with Gasteiger partial charge in [0.15, 0.2) is 0 Å². The van der Waals surface area contributed by atoms with Crippen LogP contribution in [0.3, 0.4) is 0 Å². The zero-order chi connectivity index (χ0) is 21.8. The number of benzene rings is 2. The molecule has 7 heteroatoms. The summed E-state index contributed by atoms with van der Waals surface area (Å²) in [4.78, 5) is 41.5. The van der Waals surface area contributed by atoms with Crippen molar-refractivity contribution in [1.29, 1.82) is 0 Å². The van der Waals surface area contributed by atoms with Crippen molar-refractivity contribution in [1.82, 2.24) is 9.80 Å². The van der Waals surface area contributed by atoms with E-state index in [1.165, 1.54) is 11.0 Å². The molecule has 1 saturated heterocycles. The van der Waals surface area contributed by atoms with Gasteiger partial charge in [-0.2, -0.15) is 0 Å². The van der Waals surface area contributed by atoms with Gasteiger partial charge in [-0.25, -0.2) is 4.79 Å². The number of amides is 2. The van der Waals surface area contributed by atoms with Crippen LogP contribution in [0.15, 0.2) is 42.5 Å². The van der Waals surface area contributed by atoms with E-state index in [4.69, 9.17) is 9.47 Å². The zero-order valence-corrected chi connectivity index (χ0v) is 17.6. The molecule has 0 aliphatic carbocycles. The second kappa shape index (κ2) is 9.41. The molecule has 31 heavy (non-hydrogen) atoms. The third kappa shape index (κ3) is 4.84. The molecule has 0 radical (unpaired) electrons. The molecular formula is C24H26N2O5. The van der Waals surface area contributed by atoms with Crippen LogP contribution in [0.1, 0.15) is 48.6 Å². The van der Waals surface area contributed by atoms with Crippen LogP contribution in [-0.2, 0) is 16.1 Å². The van der Waals surface area contributed by atoms with Crippen molar-refractivity contribution in [2.24, 2.45) is 0 Å². The van der Waals surface area contributed by atoms with Crippen LogP contribution in [0.5, 0.6) is 0 Å². The van der Waals surface area contributed by atoms with Crippen molar-refractivity contribution in [3.63, 3.8) is 0 Å². The Morgan fingerprint density at radius 1 is 0.968 bits per heavy atom. The number of nitrogens with zero attached hydrogens (tertiary/aromatic N) is 2. The predicted molar refractivity (Wildman–Crippen MR) is 114 cm³/mol. The number of esters is 1. The molecule has 0 N–H and O–H groups in total. The number of aryl methyl sites for hydroxylation is 1. The van der Waals surface area contributed by atoms with Gasteiger partial charge in [-0.1, -0.05) is 29.8 Å². The molecular weight excluding hydrogens is 396 g/mol. The summed E-state index contributed by atoms with van der Waals surface area (Å²) in [6.45, 7) is 6.49. The Bertz CT molecular complexity index is 980. The summed E-state index contributed by atoms with van der Waals surface area (Å²) in [6.07, 6.45) is 0.705. The van der Waals surface area contributed by atoms with Gasteiger partial charge in [0.25, 0.3) is 11.8 Å². The van der Waals surface area contributed by atoms with Crippen molar-refractivity contribution < 1.29 is 23.9 Å². The Labute approximate surface area is 181 Å². The Hall–Kier alpha value is -3.03. The number of ether oxygens (including phenoxy) is 2. The molecule has 2 aliphatic heterocycles. The molecule has 2 heterocycles. The Morgan fingerprint density at radius 2 is 1.68 bits per heavy atom. The second-order valence-corrected chi connectivity index (χ2v) is 7.89. The number of rotatable bonds is 7. The van der Waals surface area contributed by atoms with Crippen LogP contribution in [0.4, 0.5) is 0 Å². The highest BCUT2D eigenvalue weighted by Gasteiger charge is 2.35. The van der Waals surface area contributed by atoms with Crippen LogP contribution in [0.25, 0.3) is 0 Å². The van der Waals surface area contributed by atoms with Crippen LogP contribution < -0.4 is 0 Å². The van der Waals surface area contributed by atoms with Crippen molar-refractivity contribution in [3.05, 3.63) is 70.3 Å². The van der Waals surface area contributed by atoms with E-state index in [-0.39, 0.29) is 29.5 Å². The number of fused-ring (bicyclic) bond motifs is 1. The van der Waals surface area contributed by atoms with Crippen molar-refractivity contribution in [2.45, 2.75) is 20.0 Å². The minimum atomic E-state index is -0.519. The summed E-state index contributed by atoms with van der Waals surface area (Å²) in [5.74, 6) is -1.17. The molecule has 7 nitrogen and oxygen atoms in total. The van der Waals surface area contributed by atoms with Gasteiger partial charge in [0.2, 0.25) is 0 Å². The molecule has 2 amide bonds. The normalized spacial score (nSPS) is 16.5. The molecule has 1 fully saturated rings. The molecule has 0 bridgehead atoms. The summed E-state index contributed by atoms with van der Waals surface area (Å²) < 4.78 is 10.7. The van der Waals surface area contributed by atoms with Gasteiger partial charge in [-0.3, -0.25) is 19.4 Å². The molecule has 162 valence electrons. The summed E-state index contributed by atoms with van der Waals surface area (Å²) in [6, 6.07) is 12.3. The Morgan fingerprint density at radius 3 is 2.42 bits per heavy atom. The Balaban J connectivity index is 1.36. The molecule has 0 saturated carbocycles. The smallest absolute Gasteiger partial charge is 0.338 e.